The molecule has 8 nitrogen and oxygen atoms in total. The van der Waals surface area contributed by atoms with Gasteiger partial charge in [-0.2, -0.15) is 0 Å². The third-order valence-electron chi connectivity index (χ3n) is 4.38. The van der Waals surface area contributed by atoms with E-state index in [0.717, 1.165) is 0 Å². The Morgan fingerprint density at radius 1 is 1.21 bits per heavy atom. The quantitative estimate of drug-likeness (QED) is 0.349. The summed E-state index contributed by atoms with van der Waals surface area (Å²) in [6.07, 6.45) is 0.353. The van der Waals surface area contributed by atoms with Crippen LogP contribution in [0.2, 0.25) is 0 Å². The summed E-state index contributed by atoms with van der Waals surface area (Å²) in [6.45, 7) is 5.26. The zero-order chi connectivity index (χ0) is 20.9. The van der Waals surface area contributed by atoms with Gasteiger partial charge in [0.25, 0.3) is 5.91 Å². The van der Waals surface area contributed by atoms with Crippen LogP contribution in [-0.2, 0) is 9.53 Å². The van der Waals surface area contributed by atoms with Crippen molar-refractivity contribution in [3.8, 4) is 5.75 Å². The first-order chi connectivity index (χ1) is 13.4. The van der Waals surface area contributed by atoms with Crippen molar-refractivity contribution in [2.24, 2.45) is 11.8 Å². The molecule has 2 amide bonds. The third-order valence-corrected chi connectivity index (χ3v) is 4.38. The van der Waals surface area contributed by atoms with Gasteiger partial charge in [-0.25, -0.2) is 4.79 Å². The van der Waals surface area contributed by atoms with Crippen molar-refractivity contribution < 1.29 is 29.0 Å². The van der Waals surface area contributed by atoms with Crippen molar-refractivity contribution in [1.29, 1.82) is 0 Å². The molecule has 0 aliphatic carbocycles. The summed E-state index contributed by atoms with van der Waals surface area (Å²) >= 11 is 0. The molecular formula is C20H30N2O6. The molecule has 8 heteroatoms. The Balaban J connectivity index is 2.69. The minimum atomic E-state index is -1.25. The van der Waals surface area contributed by atoms with E-state index in [9.17, 15) is 14.4 Å². The van der Waals surface area contributed by atoms with Gasteiger partial charge in [-0.15, -0.1) is 0 Å². The zero-order valence-corrected chi connectivity index (χ0v) is 16.6. The van der Waals surface area contributed by atoms with Crippen molar-refractivity contribution in [2.75, 3.05) is 26.9 Å². The molecule has 3 N–H and O–H groups in total. The van der Waals surface area contributed by atoms with Crippen LogP contribution in [0.15, 0.2) is 24.3 Å². The first kappa shape index (κ1) is 23.4. The summed E-state index contributed by atoms with van der Waals surface area (Å²) in [6, 6.07) is 6.17. The summed E-state index contributed by atoms with van der Waals surface area (Å²) in [5.41, 5.74) is 0.429. The highest BCUT2D eigenvalue weighted by atomic mass is 16.5. The van der Waals surface area contributed by atoms with Gasteiger partial charge in [0, 0.05) is 26.7 Å². The minimum Gasteiger partial charge on any atom is -0.493 e. The summed E-state index contributed by atoms with van der Waals surface area (Å²) in [5, 5.41) is 13.9. The van der Waals surface area contributed by atoms with Crippen LogP contribution >= 0.6 is 0 Å². The van der Waals surface area contributed by atoms with E-state index in [1.54, 1.807) is 31.4 Å². The fraction of sp³-hybridized carbons (Fsp3) is 0.550. The highest BCUT2D eigenvalue weighted by Crippen LogP contribution is 2.20. The van der Waals surface area contributed by atoms with Gasteiger partial charge in [-0.3, -0.25) is 4.79 Å². The predicted octanol–water partition coefficient (Wildman–Crippen LogP) is 2.33. The Morgan fingerprint density at radius 2 is 1.93 bits per heavy atom. The van der Waals surface area contributed by atoms with Crippen LogP contribution in [0.3, 0.4) is 0 Å². The van der Waals surface area contributed by atoms with Crippen LogP contribution in [0.5, 0.6) is 5.75 Å². The molecule has 0 bridgehead atoms. The van der Waals surface area contributed by atoms with Gasteiger partial charge in [0.15, 0.2) is 0 Å². The lowest BCUT2D eigenvalue weighted by molar-refractivity contribution is -0.109. The molecule has 0 radical (unpaired) electrons. The van der Waals surface area contributed by atoms with E-state index in [1.807, 2.05) is 13.8 Å². The average molecular weight is 394 g/mol. The van der Waals surface area contributed by atoms with E-state index < -0.39 is 12.1 Å². The van der Waals surface area contributed by atoms with Crippen LogP contribution in [0.25, 0.3) is 0 Å². The van der Waals surface area contributed by atoms with E-state index in [2.05, 4.69) is 10.6 Å². The molecule has 0 fully saturated rings. The predicted molar refractivity (Wildman–Crippen MR) is 105 cm³/mol. The van der Waals surface area contributed by atoms with Crippen LogP contribution in [-0.4, -0.2) is 56.3 Å². The van der Waals surface area contributed by atoms with Gasteiger partial charge >= 0.3 is 6.09 Å². The number of carboxylic acid groups (broad SMARTS) is 1. The maximum Gasteiger partial charge on any atom is 0.405 e. The smallest absolute Gasteiger partial charge is 0.405 e. The molecule has 1 aromatic carbocycles. The van der Waals surface area contributed by atoms with Gasteiger partial charge in [-0.05, 0) is 30.4 Å². The number of nitrogens with one attached hydrogen (secondary N) is 2. The molecule has 1 rings (SSSR count). The molecular weight excluding hydrogens is 364 g/mol. The van der Waals surface area contributed by atoms with Crippen LogP contribution in [0, 0.1) is 11.8 Å². The van der Waals surface area contributed by atoms with Gasteiger partial charge in [0.2, 0.25) is 0 Å². The molecule has 0 aliphatic rings. The first-order valence-corrected chi connectivity index (χ1v) is 9.32. The van der Waals surface area contributed by atoms with E-state index in [0.29, 0.717) is 50.2 Å². The topological polar surface area (TPSA) is 114 Å². The van der Waals surface area contributed by atoms with Crippen molar-refractivity contribution >= 4 is 18.3 Å². The number of rotatable bonds is 13. The molecule has 28 heavy (non-hydrogen) atoms. The maximum absolute atomic E-state index is 12.6. The number of hydrogen-bond acceptors (Lipinski definition) is 5. The summed E-state index contributed by atoms with van der Waals surface area (Å²) in [4.78, 5) is 34.5. The number of hydrogen-bond donors (Lipinski definition) is 3. The highest BCUT2D eigenvalue weighted by molar-refractivity contribution is 5.96. The van der Waals surface area contributed by atoms with Gasteiger partial charge in [-0.1, -0.05) is 26.0 Å². The van der Waals surface area contributed by atoms with Gasteiger partial charge in [0.05, 0.1) is 18.2 Å². The standard InChI is InChI=1S/C20H30N2O6/c1-14(2)15(11-16(13-23)22-20(25)26)12-21-19(24)17-7-4-5-8-18(17)28-10-6-9-27-3/h4-5,7-8,13-16,22H,6,9-12H2,1-3H3,(H,21,24)(H,25,26)/t15-,16+/m1/s1. The normalized spacial score (nSPS) is 12.9. The Bertz CT molecular complexity index is 635. The number of carbonyl (C=O) groups is 3. The van der Waals surface area contributed by atoms with E-state index in [4.69, 9.17) is 14.6 Å². The van der Waals surface area contributed by atoms with Crippen LogP contribution in [0.1, 0.15) is 37.0 Å². The lowest BCUT2D eigenvalue weighted by Crippen LogP contribution is -2.40. The molecule has 0 saturated carbocycles. The number of amides is 2. The molecule has 1 aromatic rings. The molecule has 0 heterocycles. The second kappa shape index (κ2) is 12.7. The van der Waals surface area contributed by atoms with E-state index >= 15 is 0 Å². The minimum absolute atomic E-state index is 0.0687. The molecule has 156 valence electrons. The summed E-state index contributed by atoms with van der Waals surface area (Å²) < 4.78 is 10.7. The Labute approximate surface area is 165 Å². The second-order valence-corrected chi connectivity index (χ2v) is 6.83. The maximum atomic E-state index is 12.6. The lowest BCUT2D eigenvalue weighted by atomic mass is 9.89. The Morgan fingerprint density at radius 3 is 2.54 bits per heavy atom. The molecule has 0 saturated heterocycles. The summed E-state index contributed by atoms with van der Waals surface area (Å²) in [5.74, 6) is 0.303. The molecule has 0 unspecified atom stereocenters. The zero-order valence-electron chi connectivity index (χ0n) is 16.6. The summed E-state index contributed by atoms with van der Waals surface area (Å²) in [7, 11) is 1.62. The van der Waals surface area contributed by atoms with E-state index in [1.165, 1.54) is 0 Å². The lowest BCUT2D eigenvalue weighted by Gasteiger charge is -2.24. The fourth-order valence-corrected chi connectivity index (χ4v) is 2.71. The van der Waals surface area contributed by atoms with Crippen molar-refractivity contribution in [1.82, 2.24) is 10.6 Å². The number of benzene rings is 1. The number of aldehydes is 1. The number of para-hydroxylation sites is 1. The molecule has 0 aliphatic heterocycles. The number of carbonyl (C=O) groups excluding carboxylic acids is 2. The molecule has 0 aromatic heterocycles. The second-order valence-electron chi connectivity index (χ2n) is 6.83. The van der Waals surface area contributed by atoms with E-state index in [-0.39, 0.29) is 17.7 Å². The number of methoxy groups -OCH3 is 1. The van der Waals surface area contributed by atoms with Crippen molar-refractivity contribution in [3.63, 3.8) is 0 Å². The monoisotopic (exact) mass is 394 g/mol. The van der Waals surface area contributed by atoms with Crippen molar-refractivity contribution in [2.45, 2.75) is 32.7 Å². The SMILES string of the molecule is COCCCOc1ccccc1C(=O)NC[C@@H](C[C@@H](C=O)NC(=O)O)C(C)C. The highest BCUT2D eigenvalue weighted by Gasteiger charge is 2.22. The van der Waals surface area contributed by atoms with Crippen LogP contribution < -0.4 is 15.4 Å². The van der Waals surface area contributed by atoms with Gasteiger partial charge < -0.3 is 30.0 Å². The third kappa shape index (κ3) is 8.39. The largest absolute Gasteiger partial charge is 0.493 e. The Kier molecular flexibility index (Phi) is 10.6. The molecule has 2 atom stereocenters. The Hall–Kier alpha value is -2.61. The van der Waals surface area contributed by atoms with Gasteiger partial charge in [0.1, 0.15) is 12.0 Å². The number of ether oxygens (including phenoxy) is 2. The van der Waals surface area contributed by atoms with Crippen molar-refractivity contribution in [3.05, 3.63) is 29.8 Å². The molecule has 0 spiro atoms. The fourth-order valence-electron chi connectivity index (χ4n) is 2.71. The van der Waals surface area contributed by atoms with Crippen LogP contribution in [0.4, 0.5) is 4.79 Å². The average Bonchev–Trinajstić information content (AvgIpc) is 2.67. The first-order valence-electron chi connectivity index (χ1n) is 9.32.